The molecule has 0 amide bonds. The van der Waals surface area contributed by atoms with Crippen LogP contribution in [0.3, 0.4) is 0 Å². The van der Waals surface area contributed by atoms with Crippen LogP contribution in [0, 0.1) is 0 Å². The number of nitrogens with zero attached hydrogens (tertiary/aromatic N) is 3. The monoisotopic (exact) mass is 232 g/mol. The molecule has 1 aromatic heterocycles. The Morgan fingerprint density at radius 3 is 2.94 bits per heavy atom. The van der Waals surface area contributed by atoms with Gasteiger partial charge in [0.15, 0.2) is 5.82 Å². The van der Waals surface area contributed by atoms with Gasteiger partial charge in [0.25, 0.3) is 0 Å². The van der Waals surface area contributed by atoms with Crippen LogP contribution in [0.25, 0.3) is 11.4 Å². The van der Waals surface area contributed by atoms with E-state index in [1.165, 1.54) is 0 Å². The highest BCUT2D eigenvalue weighted by molar-refractivity contribution is 5.60. The van der Waals surface area contributed by atoms with Crippen LogP contribution >= 0.6 is 0 Å². The van der Waals surface area contributed by atoms with Crippen LogP contribution in [-0.2, 0) is 6.54 Å². The van der Waals surface area contributed by atoms with Crippen molar-refractivity contribution in [3.05, 3.63) is 30.6 Å². The lowest BCUT2D eigenvalue weighted by Crippen LogP contribution is -1.99. The summed E-state index contributed by atoms with van der Waals surface area (Å²) in [6.07, 6.45) is 3.39. The van der Waals surface area contributed by atoms with E-state index < -0.39 is 0 Å². The van der Waals surface area contributed by atoms with Crippen molar-refractivity contribution in [3.63, 3.8) is 0 Å². The molecule has 0 atom stereocenters. The number of benzene rings is 1. The maximum Gasteiger partial charge on any atom is 0.181 e. The SMILES string of the molecule is Nc1cccc(-c2ncn(CCCCO)n2)c1. The number of nitrogens with two attached hydrogens (primary N) is 1. The highest BCUT2D eigenvalue weighted by atomic mass is 16.2. The molecule has 0 unspecified atom stereocenters. The molecule has 1 heterocycles. The molecule has 90 valence electrons. The fraction of sp³-hybridized carbons (Fsp3) is 0.333. The van der Waals surface area contributed by atoms with E-state index in [0.29, 0.717) is 11.5 Å². The lowest BCUT2D eigenvalue weighted by atomic mass is 10.2. The van der Waals surface area contributed by atoms with Gasteiger partial charge in [0, 0.05) is 24.4 Å². The summed E-state index contributed by atoms with van der Waals surface area (Å²) in [6.45, 7) is 0.993. The highest BCUT2D eigenvalue weighted by Gasteiger charge is 2.04. The zero-order valence-corrected chi connectivity index (χ0v) is 9.58. The van der Waals surface area contributed by atoms with Crippen molar-refractivity contribution in [1.82, 2.24) is 14.8 Å². The minimum absolute atomic E-state index is 0.219. The Hall–Kier alpha value is -1.88. The summed E-state index contributed by atoms with van der Waals surface area (Å²) in [6, 6.07) is 7.51. The number of hydrogen-bond acceptors (Lipinski definition) is 4. The van der Waals surface area contributed by atoms with Crippen LogP contribution in [0.4, 0.5) is 5.69 Å². The van der Waals surface area contributed by atoms with Crippen LogP contribution in [0.1, 0.15) is 12.8 Å². The van der Waals surface area contributed by atoms with E-state index in [1.54, 1.807) is 11.0 Å². The molecule has 5 nitrogen and oxygen atoms in total. The minimum atomic E-state index is 0.219. The third kappa shape index (κ3) is 3.04. The molecule has 1 aromatic carbocycles. The van der Waals surface area contributed by atoms with Gasteiger partial charge in [0.2, 0.25) is 0 Å². The van der Waals surface area contributed by atoms with Crippen LogP contribution in [0.5, 0.6) is 0 Å². The number of anilines is 1. The lowest BCUT2D eigenvalue weighted by molar-refractivity contribution is 0.280. The van der Waals surface area contributed by atoms with Gasteiger partial charge in [0.05, 0.1) is 0 Å². The van der Waals surface area contributed by atoms with Crippen molar-refractivity contribution >= 4 is 5.69 Å². The van der Waals surface area contributed by atoms with Crippen molar-refractivity contribution in [2.45, 2.75) is 19.4 Å². The Bertz CT molecular complexity index is 481. The molecule has 2 aromatic rings. The second-order valence-electron chi connectivity index (χ2n) is 3.89. The molecule has 0 saturated carbocycles. The molecule has 0 saturated heterocycles. The zero-order valence-electron chi connectivity index (χ0n) is 9.58. The van der Waals surface area contributed by atoms with Gasteiger partial charge in [-0.05, 0) is 25.0 Å². The quantitative estimate of drug-likeness (QED) is 0.601. The van der Waals surface area contributed by atoms with Gasteiger partial charge in [-0.25, -0.2) is 4.98 Å². The molecule has 2 rings (SSSR count). The maximum atomic E-state index is 8.70. The van der Waals surface area contributed by atoms with E-state index >= 15 is 0 Å². The molecule has 0 radical (unpaired) electrons. The van der Waals surface area contributed by atoms with Gasteiger partial charge < -0.3 is 10.8 Å². The Morgan fingerprint density at radius 1 is 1.29 bits per heavy atom. The summed E-state index contributed by atoms with van der Waals surface area (Å²) in [5.41, 5.74) is 7.34. The van der Waals surface area contributed by atoms with Crippen molar-refractivity contribution in [1.29, 1.82) is 0 Å². The number of aromatic nitrogens is 3. The predicted molar refractivity (Wildman–Crippen MR) is 66.2 cm³/mol. The van der Waals surface area contributed by atoms with Crippen LogP contribution in [-0.4, -0.2) is 26.5 Å². The number of unbranched alkanes of at least 4 members (excludes halogenated alkanes) is 1. The zero-order chi connectivity index (χ0) is 12.1. The number of aliphatic hydroxyl groups excluding tert-OH is 1. The number of rotatable bonds is 5. The van der Waals surface area contributed by atoms with Crippen LogP contribution in [0.15, 0.2) is 30.6 Å². The third-order valence-electron chi connectivity index (χ3n) is 2.48. The molecule has 0 aliphatic carbocycles. The minimum Gasteiger partial charge on any atom is -0.399 e. The fourth-order valence-corrected chi connectivity index (χ4v) is 1.60. The number of nitrogen functional groups attached to an aromatic ring is 1. The first-order valence-corrected chi connectivity index (χ1v) is 5.66. The van der Waals surface area contributed by atoms with Gasteiger partial charge in [0.1, 0.15) is 6.33 Å². The third-order valence-corrected chi connectivity index (χ3v) is 2.48. The number of aliphatic hydroxyl groups is 1. The maximum absolute atomic E-state index is 8.70. The first-order valence-electron chi connectivity index (χ1n) is 5.66. The largest absolute Gasteiger partial charge is 0.399 e. The summed E-state index contributed by atoms with van der Waals surface area (Å²) in [7, 11) is 0. The average molecular weight is 232 g/mol. The second kappa shape index (κ2) is 5.45. The van der Waals surface area contributed by atoms with Crippen LogP contribution in [0.2, 0.25) is 0 Å². The second-order valence-corrected chi connectivity index (χ2v) is 3.89. The normalized spacial score (nSPS) is 10.6. The van der Waals surface area contributed by atoms with Crippen molar-refractivity contribution < 1.29 is 5.11 Å². The summed E-state index contributed by atoms with van der Waals surface area (Å²) < 4.78 is 1.79. The topological polar surface area (TPSA) is 77.0 Å². The Kier molecular flexibility index (Phi) is 3.72. The number of aryl methyl sites for hydroxylation is 1. The average Bonchev–Trinajstić information content (AvgIpc) is 2.78. The molecule has 0 bridgehead atoms. The molecule has 17 heavy (non-hydrogen) atoms. The smallest absolute Gasteiger partial charge is 0.181 e. The summed E-state index contributed by atoms with van der Waals surface area (Å²) in [5.74, 6) is 0.682. The van der Waals surface area contributed by atoms with E-state index in [1.807, 2.05) is 24.3 Å². The molecular formula is C12H16N4O. The van der Waals surface area contributed by atoms with Crippen molar-refractivity contribution in [2.24, 2.45) is 0 Å². The first kappa shape index (κ1) is 11.6. The van der Waals surface area contributed by atoms with Gasteiger partial charge in [-0.1, -0.05) is 12.1 Å². The summed E-state index contributed by atoms with van der Waals surface area (Å²) in [4.78, 5) is 4.24. The molecule has 0 aliphatic rings. The Labute approximate surface area is 99.9 Å². The number of hydrogen-bond donors (Lipinski definition) is 2. The van der Waals surface area contributed by atoms with Gasteiger partial charge >= 0.3 is 0 Å². The first-order chi connectivity index (χ1) is 8.29. The van der Waals surface area contributed by atoms with Crippen LogP contribution < -0.4 is 5.73 Å². The van der Waals surface area contributed by atoms with Gasteiger partial charge in [-0.15, -0.1) is 0 Å². The summed E-state index contributed by atoms with van der Waals surface area (Å²) >= 11 is 0. The standard InChI is InChI=1S/C12H16N4O/c13-11-5-3-4-10(8-11)12-14-9-16(15-12)6-1-2-7-17/h3-5,8-9,17H,1-2,6-7,13H2. The van der Waals surface area contributed by atoms with Gasteiger partial charge in [-0.2, -0.15) is 5.10 Å². The van der Waals surface area contributed by atoms with E-state index in [2.05, 4.69) is 10.1 Å². The molecule has 0 fully saturated rings. The molecule has 5 heteroatoms. The van der Waals surface area contributed by atoms with E-state index in [9.17, 15) is 0 Å². The lowest BCUT2D eigenvalue weighted by Gasteiger charge is -1.99. The summed E-state index contributed by atoms with van der Waals surface area (Å²) in [5, 5.41) is 13.1. The predicted octanol–water partition coefficient (Wildman–Crippen LogP) is 1.30. The highest BCUT2D eigenvalue weighted by Crippen LogP contribution is 2.16. The van der Waals surface area contributed by atoms with Crippen molar-refractivity contribution in [3.8, 4) is 11.4 Å². The van der Waals surface area contributed by atoms with E-state index in [4.69, 9.17) is 10.8 Å². The Balaban J connectivity index is 2.07. The molecule has 0 aliphatic heterocycles. The molecule has 0 spiro atoms. The van der Waals surface area contributed by atoms with E-state index in [0.717, 1.165) is 24.9 Å². The Morgan fingerprint density at radius 2 is 2.18 bits per heavy atom. The van der Waals surface area contributed by atoms with E-state index in [-0.39, 0.29) is 6.61 Å². The molecule has 3 N–H and O–H groups in total. The fourth-order valence-electron chi connectivity index (χ4n) is 1.60. The van der Waals surface area contributed by atoms with Crippen molar-refractivity contribution in [2.75, 3.05) is 12.3 Å². The van der Waals surface area contributed by atoms with Gasteiger partial charge in [-0.3, -0.25) is 4.68 Å². The molecular weight excluding hydrogens is 216 g/mol.